The van der Waals surface area contributed by atoms with Crippen LogP contribution >= 0.6 is 0 Å². The number of hydrogen-bond acceptors (Lipinski definition) is 4. The topological polar surface area (TPSA) is 54.2 Å². The van der Waals surface area contributed by atoms with Crippen molar-refractivity contribution in [2.75, 3.05) is 6.54 Å². The summed E-state index contributed by atoms with van der Waals surface area (Å²) >= 11 is 0. The molecule has 1 aromatic heterocycles. The Hall–Kier alpha value is -0.940. The second-order valence-electron chi connectivity index (χ2n) is 6.10. The van der Waals surface area contributed by atoms with Gasteiger partial charge in [-0.25, -0.2) is 9.67 Å². The molecule has 0 radical (unpaired) electrons. The third kappa shape index (κ3) is 2.54. The fourth-order valence-corrected chi connectivity index (χ4v) is 3.43. The normalized spacial score (nSPS) is 28.0. The van der Waals surface area contributed by atoms with E-state index in [0.717, 1.165) is 37.5 Å². The molecule has 0 saturated carbocycles. The molecule has 3 rings (SSSR count). The highest BCUT2D eigenvalue weighted by molar-refractivity contribution is 5.01. The minimum atomic E-state index is -0.417. The van der Waals surface area contributed by atoms with Crippen LogP contribution in [0.15, 0.2) is 0 Å². The first kappa shape index (κ1) is 13.1. The number of nitrogens with zero attached hydrogens (tertiary/aromatic N) is 4. The van der Waals surface area contributed by atoms with Gasteiger partial charge >= 0.3 is 0 Å². The van der Waals surface area contributed by atoms with E-state index in [1.807, 2.05) is 4.68 Å². The maximum absolute atomic E-state index is 9.94. The second kappa shape index (κ2) is 5.21. The molecule has 0 aromatic carbocycles. The first-order valence-electron chi connectivity index (χ1n) is 7.52. The van der Waals surface area contributed by atoms with Crippen LogP contribution in [0.4, 0.5) is 0 Å². The summed E-state index contributed by atoms with van der Waals surface area (Å²) < 4.78 is 1.90. The third-order valence-corrected chi connectivity index (χ3v) is 4.39. The molecule has 0 aliphatic carbocycles. The van der Waals surface area contributed by atoms with Gasteiger partial charge in [0, 0.05) is 25.0 Å². The molecule has 2 aliphatic heterocycles. The summed E-state index contributed by atoms with van der Waals surface area (Å²) in [5.74, 6) is 1.68. The van der Waals surface area contributed by atoms with Gasteiger partial charge in [-0.05, 0) is 46.1 Å². The maximum atomic E-state index is 9.94. The molecular formula is C14H24N4O. The van der Waals surface area contributed by atoms with Gasteiger partial charge < -0.3 is 5.11 Å². The first-order chi connectivity index (χ1) is 9.15. The summed E-state index contributed by atoms with van der Waals surface area (Å²) in [5.41, 5.74) is 0. The van der Waals surface area contributed by atoms with Crippen LogP contribution in [-0.2, 0) is 13.0 Å². The van der Waals surface area contributed by atoms with E-state index in [-0.39, 0.29) is 0 Å². The van der Waals surface area contributed by atoms with Crippen LogP contribution in [0, 0.1) is 0 Å². The number of rotatable bonds is 3. The maximum Gasteiger partial charge on any atom is 0.156 e. The zero-order valence-corrected chi connectivity index (χ0v) is 11.9. The van der Waals surface area contributed by atoms with Crippen LogP contribution in [0.1, 0.15) is 57.3 Å². The van der Waals surface area contributed by atoms with E-state index in [1.54, 1.807) is 0 Å². The van der Waals surface area contributed by atoms with Gasteiger partial charge in [0.05, 0.1) is 0 Å². The lowest BCUT2D eigenvalue weighted by atomic mass is 10.1. The van der Waals surface area contributed by atoms with E-state index in [9.17, 15) is 5.11 Å². The van der Waals surface area contributed by atoms with Gasteiger partial charge in [0.1, 0.15) is 6.10 Å². The molecule has 1 fully saturated rings. The van der Waals surface area contributed by atoms with Crippen molar-refractivity contribution in [2.24, 2.45) is 0 Å². The molecule has 2 unspecified atom stereocenters. The van der Waals surface area contributed by atoms with Gasteiger partial charge in [-0.2, -0.15) is 5.10 Å². The van der Waals surface area contributed by atoms with Crippen molar-refractivity contribution in [3.8, 4) is 0 Å². The molecule has 3 heterocycles. The number of hydrogen-bond donors (Lipinski definition) is 1. The molecule has 5 nitrogen and oxygen atoms in total. The lowest BCUT2D eigenvalue weighted by Crippen LogP contribution is -2.36. The fourth-order valence-electron chi connectivity index (χ4n) is 3.43. The number of aliphatic hydroxyl groups excluding tert-OH is 1. The predicted molar refractivity (Wildman–Crippen MR) is 72.8 cm³/mol. The van der Waals surface area contributed by atoms with Gasteiger partial charge in [0.2, 0.25) is 0 Å². The summed E-state index contributed by atoms with van der Waals surface area (Å²) in [5, 5.41) is 14.5. The molecule has 2 atom stereocenters. The van der Waals surface area contributed by atoms with E-state index in [1.165, 1.54) is 19.4 Å². The summed E-state index contributed by atoms with van der Waals surface area (Å²) in [6.07, 6.45) is 4.84. The molecule has 19 heavy (non-hydrogen) atoms. The Kier molecular flexibility index (Phi) is 3.58. The second-order valence-corrected chi connectivity index (χ2v) is 6.10. The minimum Gasteiger partial charge on any atom is -0.385 e. The van der Waals surface area contributed by atoms with Crippen molar-refractivity contribution in [1.29, 1.82) is 0 Å². The molecule has 1 saturated heterocycles. The van der Waals surface area contributed by atoms with Gasteiger partial charge in [0.25, 0.3) is 0 Å². The largest absolute Gasteiger partial charge is 0.385 e. The van der Waals surface area contributed by atoms with Crippen molar-refractivity contribution in [1.82, 2.24) is 19.7 Å². The van der Waals surface area contributed by atoms with Crippen molar-refractivity contribution in [3.05, 3.63) is 11.6 Å². The quantitative estimate of drug-likeness (QED) is 0.899. The van der Waals surface area contributed by atoms with Crippen molar-refractivity contribution >= 4 is 0 Å². The molecule has 0 amide bonds. The molecule has 1 aromatic rings. The number of fused-ring (bicyclic) bond motifs is 1. The van der Waals surface area contributed by atoms with Crippen LogP contribution < -0.4 is 0 Å². The minimum absolute atomic E-state index is 0.417. The van der Waals surface area contributed by atoms with Crippen LogP contribution in [0.3, 0.4) is 0 Å². The van der Waals surface area contributed by atoms with Crippen LogP contribution in [0.2, 0.25) is 0 Å². The fraction of sp³-hybridized carbons (Fsp3) is 0.857. The smallest absolute Gasteiger partial charge is 0.156 e. The van der Waals surface area contributed by atoms with Gasteiger partial charge in [-0.15, -0.1) is 0 Å². The number of aliphatic hydroxyl groups is 1. The van der Waals surface area contributed by atoms with E-state index < -0.39 is 6.10 Å². The summed E-state index contributed by atoms with van der Waals surface area (Å²) in [6, 6.07) is 1.16. The van der Waals surface area contributed by atoms with Crippen LogP contribution in [0.25, 0.3) is 0 Å². The van der Waals surface area contributed by atoms with E-state index in [2.05, 4.69) is 28.8 Å². The Bertz CT molecular complexity index is 443. The van der Waals surface area contributed by atoms with Crippen LogP contribution in [0.5, 0.6) is 0 Å². The Labute approximate surface area is 114 Å². The average molecular weight is 264 g/mol. The summed E-state index contributed by atoms with van der Waals surface area (Å²) in [4.78, 5) is 7.12. The molecule has 0 bridgehead atoms. The predicted octanol–water partition coefficient (Wildman–Crippen LogP) is 1.52. The SMILES string of the molecule is CC(C)N1CCCC1Cc1nc2n(n1)CCCC2O. The van der Waals surface area contributed by atoms with E-state index in [4.69, 9.17) is 0 Å². The lowest BCUT2D eigenvalue weighted by Gasteiger charge is -2.27. The summed E-state index contributed by atoms with van der Waals surface area (Å²) in [7, 11) is 0. The highest BCUT2D eigenvalue weighted by Gasteiger charge is 2.29. The van der Waals surface area contributed by atoms with Crippen molar-refractivity contribution in [3.63, 3.8) is 0 Å². The van der Waals surface area contributed by atoms with Gasteiger partial charge in [-0.3, -0.25) is 4.90 Å². The van der Waals surface area contributed by atoms with E-state index in [0.29, 0.717) is 12.1 Å². The number of aromatic nitrogens is 3. The molecule has 5 heteroatoms. The molecular weight excluding hydrogens is 240 g/mol. The van der Waals surface area contributed by atoms with Crippen molar-refractivity contribution < 1.29 is 5.11 Å². The van der Waals surface area contributed by atoms with Gasteiger partial charge in [-0.1, -0.05) is 0 Å². The summed E-state index contributed by atoms with van der Waals surface area (Å²) in [6.45, 7) is 6.61. The van der Waals surface area contributed by atoms with Gasteiger partial charge in [0.15, 0.2) is 11.6 Å². The average Bonchev–Trinajstić information content (AvgIpc) is 2.96. The highest BCUT2D eigenvalue weighted by Crippen LogP contribution is 2.25. The Morgan fingerprint density at radius 1 is 1.26 bits per heavy atom. The standard InChI is InChI=1S/C14H24N4O/c1-10(2)17-7-3-5-11(17)9-13-15-14-12(19)6-4-8-18(14)16-13/h10-12,19H,3-9H2,1-2H3. The van der Waals surface area contributed by atoms with Crippen LogP contribution in [-0.4, -0.2) is 43.4 Å². The molecule has 0 spiro atoms. The first-order valence-corrected chi connectivity index (χ1v) is 7.52. The Morgan fingerprint density at radius 3 is 2.79 bits per heavy atom. The molecule has 106 valence electrons. The van der Waals surface area contributed by atoms with E-state index >= 15 is 0 Å². The zero-order valence-electron chi connectivity index (χ0n) is 11.9. The molecule has 2 aliphatic rings. The van der Waals surface area contributed by atoms with Crippen molar-refractivity contribution in [2.45, 2.75) is 70.7 Å². The Morgan fingerprint density at radius 2 is 2.05 bits per heavy atom. The Balaban J connectivity index is 1.73. The number of aryl methyl sites for hydroxylation is 1. The lowest BCUT2D eigenvalue weighted by molar-refractivity contribution is 0.130. The third-order valence-electron chi connectivity index (χ3n) is 4.39. The zero-order chi connectivity index (χ0) is 13.4. The highest BCUT2D eigenvalue weighted by atomic mass is 16.3. The monoisotopic (exact) mass is 264 g/mol. The number of likely N-dealkylation sites (tertiary alicyclic amines) is 1. The molecule has 1 N–H and O–H groups in total.